The molecule has 37 heavy (non-hydrogen) atoms. The van der Waals surface area contributed by atoms with Crippen LogP contribution in [0.3, 0.4) is 0 Å². The second-order valence-electron chi connectivity index (χ2n) is 9.95. The maximum absolute atomic E-state index is 12.4. The number of nitrogens with zero attached hydrogens (tertiary/aromatic N) is 2. The summed E-state index contributed by atoms with van der Waals surface area (Å²) in [4.78, 5) is 12.4. The zero-order valence-electron chi connectivity index (χ0n) is 23.4. The predicted molar refractivity (Wildman–Crippen MR) is 146 cm³/mol. The van der Waals surface area contributed by atoms with Gasteiger partial charge in [0.05, 0.1) is 58.5 Å². The first-order chi connectivity index (χ1) is 17.9. The summed E-state index contributed by atoms with van der Waals surface area (Å²) in [6.45, 7) is 15.8. The fourth-order valence-electron chi connectivity index (χ4n) is 3.62. The van der Waals surface area contributed by atoms with Gasteiger partial charge in [0.2, 0.25) is 0 Å². The van der Waals surface area contributed by atoms with Crippen molar-refractivity contribution in [1.29, 1.82) is 0 Å². The highest BCUT2D eigenvalue weighted by atomic mass is 16.6. The van der Waals surface area contributed by atoms with Crippen LogP contribution in [-0.4, -0.2) is 75.1 Å². The molecule has 1 aromatic carbocycles. The van der Waals surface area contributed by atoms with Gasteiger partial charge in [-0.3, -0.25) is 9.48 Å². The van der Waals surface area contributed by atoms with Crippen molar-refractivity contribution in [3.05, 3.63) is 53.3 Å². The number of carbonyl (C=O) groups is 1. The SMILES string of the molecule is CC(C)CCCOCCOCCOCCOCCNC(=O)c1ccc(C(C)n2cc(C(C)C)cn2)cc1. The van der Waals surface area contributed by atoms with Crippen molar-refractivity contribution in [3.63, 3.8) is 0 Å². The van der Waals surface area contributed by atoms with E-state index in [1.54, 1.807) is 0 Å². The molecule has 0 fully saturated rings. The Bertz CT molecular complexity index is 867. The number of ether oxygens (including phenoxy) is 4. The Hall–Kier alpha value is -2.26. The van der Waals surface area contributed by atoms with Gasteiger partial charge in [-0.15, -0.1) is 0 Å². The summed E-state index contributed by atoms with van der Waals surface area (Å²) in [5, 5.41) is 7.37. The molecule has 208 valence electrons. The van der Waals surface area contributed by atoms with Crippen LogP contribution in [0, 0.1) is 5.92 Å². The maximum atomic E-state index is 12.4. The topological polar surface area (TPSA) is 83.8 Å². The molecule has 8 nitrogen and oxygen atoms in total. The Morgan fingerprint density at radius 1 is 0.811 bits per heavy atom. The van der Waals surface area contributed by atoms with Crippen molar-refractivity contribution < 1.29 is 23.7 Å². The lowest BCUT2D eigenvalue weighted by Crippen LogP contribution is -2.27. The predicted octanol–water partition coefficient (Wildman–Crippen LogP) is 4.85. The van der Waals surface area contributed by atoms with Gasteiger partial charge in [-0.05, 0) is 54.9 Å². The highest BCUT2D eigenvalue weighted by Crippen LogP contribution is 2.20. The zero-order chi connectivity index (χ0) is 26.9. The molecule has 8 heteroatoms. The van der Waals surface area contributed by atoms with Gasteiger partial charge in [-0.25, -0.2) is 0 Å². The first kappa shape index (κ1) is 31.0. The molecular weight excluding hydrogens is 470 g/mol. The Labute approximate surface area is 223 Å². The van der Waals surface area contributed by atoms with Gasteiger partial charge >= 0.3 is 0 Å². The van der Waals surface area contributed by atoms with Crippen LogP contribution in [0.1, 0.15) is 80.9 Å². The number of benzene rings is 1. The Morgan fingerprint density at radius 2 is 1.38 bits per heavy atom. The molecule has 1 aromatic heterocycles. The van der Waals surface area contributed by atoms with Crippen molar-refractivity contribution in [3.8, 4) is 0 Å². The van der Waals surface area contributed by atoms with E-state index >= 15 is 0 Å². The van der Waals surface area contributed by atoms with Crippen LogP contribution in [0.25, 0.3) is 0 Å². The van der Waals surface area contributed by atoms with Gasteiger partial charge in [-0.2, -0.15) is 5.10 Å². The van der Waals surface area contributed by atoms with E-state index in [1.807, 2.05) is 35.1 Å². The summed E-state index contributed by atoms with van der Waals surface area (Å²) in [7, 11) is 0. The average molecular weight is 518 g/mol. The number of amides is 1. The lowest BCUT2D eigenvalue weighted by atomic mass is 10.1. The number of nitrogens with one attached hydrogen (secondary N) is 1. The molecule has 0 aliphatic rings. The Kier molecular flexibility index (Phi) is 15.1. The molecular formula is C29H47N3O5. The van der Waals surface area contributed by atoms with E-state index in [1.165, 1.54) is 12.0 Å². The molecule has 0 radical (unpaired) electrons. The summed E-state index contributed by atoms with van der Waals surface area (Å²) in [6, 6.07) is 7.77. The van der Waals surface area contributed by atoms with E-state index in [9.17, 15) is 4.79 Å². The van der Waals surface area contributed by atoms with Crippen molar-refractivity contribution in [2.45, 2.75) is 59.4 Å². The van der Waals surface area contributed by atoms with Gasteiger partial charge in [0.25, 0.3) is 5.91 Å². The molecule has 1 unspecified atom stereocenters. The van der Waals surface area contributed by atoms with Gasteiger partial charge in [0, 0.05) is 24.9 Å². The molecule has 1 amide bonds. The van der Waals surface area contributed by atoms with E-state index in [-0.39, 0.29) is 11.9 Å². The highest BCUT2D eigenvalue weighted by Gasteiger charge is 2.12. The van der Waals surface area contributed by atoms with Crippen molar-refractivity contribution in [1.82, 2.24) is 15.1 Å². The molecule has 0 saturated carbocycles. The second-order valence-corrected chi connectivity index (χ2v) is 9.95. The lowest BCUT2D eigenvalue weighted by Gasteiger charge is -2.13. The first-order valence-electron chi connectivity index (χ1n) is 13.6. The Morgan fingerprint density at radius 3 is 1.92 bits per heavy atom. The largest absolute Gasteiger partial charge is 0.379 e. The summed E-state index contributed by atoms with van der Waals surface area (Å²) < 4.78 is 24.0. The van der Waals surface area contributed by atoms with Crippen LogP contribution < -0.4 is 5.32 Å². The molecule has 0 saturated heterocycles. The van der Waals surface area contributed by atoms with Crippen LogP contribution >= 0.6 is 0 Å². The van der Waals surface area contributed by atoms with Gasteiger partial charge in [0.1, 0.15) is 0 Å². The molecule has 1 heterocycles. The third-order valence-electron chi connectivity index (χ3n) is 6.06. The standard InChI is InChI=1S/C29H47N3O5/c1-23(2)7-6-13-34-15-17-36-19-20-37-18-16-35-14-12-30-29(33)27-10-8-26(9-11-27)25(5)32-22-28(21-31-32)24(3)4/h8-11,21-25H,6-7,12-20H2,1-5H3,(H,30,33). The Balaban J connectivity index is 1.47. The maximum Gasteiger partial charge on any atom is 0.251 e. The van der Waals surface area contributed by atoms with Crippen molar-refractivity contribution >= 4 is 5.91 Å². The summed E-state index contributed by atoms with van der Waals surface area (Å²) in [5.74, 6) is 1.06. The second kappa shape index (κ2) is 18.1. The minimum Gasteiger partial charge on any atom is -0.379 e. The number of aromatic nitrogens is 2. The van der Waals surface area contributed by atoms with E-state index < -0.39 is 0 Å². The lowest BCUT2D eigenvalue weighted by molar-refractivity contribution is -0.00189. The number of hydrogen-bond donors (Lipinski definition) is 1. The number of carbonyl (C=O) groups excluding carboxylic acids is 1. The van der Waals surface area contributed by atoms with Crippen LogP contribution in [0.5, 0.6) is 0 Å². The van der Waals surface area contributed by atoms with Crippen LogP contribution in [-0.2, 0) is 18.9 Å². The normalized spacial score (nSPS) is 12.4. The quantitative estimate of drug-likeness (QED) is 0.253. The summed E-state index contributed by atoms with van der Waals surface area (Å²) in [6.07, 6.45) is 6.30. The zero-order valence-corrected chi connectivity index (χ0v) is 23.4. The summed E-state index contributed by atoms with van der Waals surface area (Å²) >= 11 is 0. The molecule has 0 aliphatic carbocycles. The fraction of sp³-hybridized carbons (Fsp3) is 0.655. The third kappa shape index (κ3) is 12.7. The van der Waals surface area contributed by atoms with Gasteiger partial charge in [-0.1, -0.05) is 39.8 Å². The monoisotopic (exact) mass is 517 g/mol. The number of rotatable bonds is 20. The van der Waals surface area contributed by atoms with Crippen LogP contribution in [0.2, 0.25) is 0 Å². The minimum absolute atomic E-state index is 0.102. The number of hydrogen-bond acceptors (Lipinski definition) is 6. The van der Waals surface area contributed by atoms with E-state index in [0.29, 0.717) is 64.3 Å². The van der Waals surface area contributed by atoms with Crippen LogP contribution in [0.15, 0.2) is 36.7 Å². The minimum atomic E-state index is -0.110. The third-order valence-corrected chi connectivity index (χ3v) is 6.06. The molecule has 0 aliphatic heterocycles. The average Bonchev–Trinajstić information content (AvgIpc) is 3.38. The molecule has 2 rings (SSSR count). The molecule has 1 N–H and O–H groups in total. The summed E-state index contributed by atoms with van der Waals surface area (Å²) in [5.41, 5.74) is 2.95. The van der Waals surface area contributed by atoms with Gasteiger partial charge < -0.3 is 24.3 Å². The molecule has 2 aromatic rings. The molecule has 1 atom stereocenters. The first-order valence-corrected chi connectivity index (χ1v) is 13.6. The van der Waals surface area contributed by atoms with E-state index in [2.05, 4.69) is 51.2 Å². The van der Waals surface area contributed by atoms with E-state index in [4.69, 9.17) is 18.9 Å². The van der Waals surface area contributed by atoms with Gasteiger partial charge in [0.15, 0.2) is 0 Å². The van der Waals surface area contributed by atoms with Crippen molar-refractivity contribution in [2.75, 3.05) is 59.4 Å². The molecule has 0 bridgehead atoms. The van der Waals surface area contributed by atoms with Crippen LogP contribution in [0.4, 0.5) is 0 Å². The fourth-order valence-corrected chi connectivity index (χ4v) is 3.62. The molecule has 0 spiro atoms. The van der Waals surface area contributed by atoms with Crippen molar-refractivity contribution in [2.24, 2.45) is 5.92 Å². The highest BCUT2D eigenvalue weighted by molar-refractivity contribution is 5.94. The smallest absolute Gasteiger partial charge is 0.251 e. The van der Waals surface area contributed by atoms with E-state index in [0.717, 1.165) is 24.5 Å².